The highest BCUT2D eigenvalue weighted by Crippen LogP contribution is 2.23. The van der Waals surface area contributed by atoms with Crippen molar-refractivity contribution in [1.29, 1.82) is 0 Å². The Morgan fingerprint density at radius 3 is 2.88 bits per heavy atom. The van der Waals surface area contributed by atoms with Gasteiger partial charge < -0.3 is 10.6 Å². The van der Waals surface area contributed by atoms with E-state index in [0.29, 0.717) is 25.2 Å². The molecule has 3 rings (SSSR count). The Balaban J connectivity index is 1.67. The number of nitrogens with zero attached hydrogens (tertiary/aromatic N) is 2. The smallest absolute Gasteiger partial charge is 0.271 e. The minimum Gasteiger partial charge on any atom is -0.355 e. The molecule has 2 N–H and O–H groups in total. The molecule has 0 aromatic carbocycles. The highest BCUT2D eigenvalue weighted by Gasteiger charge is 2.37. The van der Waals surface area contributed by atoms with E-state index in [2.05, 4.69) is 26.6 Å². The van der Waals surface area contributed by atoms with Gasteiger partial charge in [-0.2, -0.15) is 0 Å². The van der Waals surface area contributed by atoms with Crippen molar-refractivity contribution in [2.24, 2.45) is 0 Å². The van der Waals surface area contributed by atoms with Gasteiger partial charge >= 0.3 is 0 Å². The molecule has 2 aromatic heterocycles. The van der Waals surface area contributed by atoms with Gasteiger partial charge in [-0.1, -0.05) is 6.07 Å². The zero-order chi connectivity index (χ0) is 17.8. The van der Waals surface area contributed by atoms with Crippen LogP contribution in [0.25, 0.3) is 0 Å². The number of nitrogens with one attached hydrogen (secondary N) is 2. The summed E-state index contributed by atoms with van der Waals surface area (Å²) in [4.78, 5) is 32.4. The molecule has 134 valence electrons. The molecule has 0 saturated carbocycles. The zero-order valence-electron chi connectivity index (χ0n) is 14.3. The summed E-state index contributed by atoms with van der Waals surface area (Å²) in [6.45, 7) is 5.79. The Labute approximate surface area is 155 Å². The van der Waals surface area contributed by atoms with Gasteiger partial charge in [0.1, 0.15) is 5.69 Å². The Kier molecular flexibility index (Phi) is 5.82. The molecular weight excluding hydrogens is 356 g/mol. The average molecular weight is 379 g/mol. The van der Waals surface area contributed by atoms with Crippen molar-refractivity contribution in [2.45, 2.75) is 38.9 Å². The van der Waals surface area contributed by atoms with E-state index in [1.807, 2.05) is 25.3 Å². The normalized spacial score (nSPS) is 20.6. The summed E-state index contributed by atoms with van der Waals surface area (Å²) < 4.78 is 0. The van der Waals surface area contributed by atoms with Gasteiger partial charge in [-0.25, -0.2) is 4.98 Å². The van der Waals surface area contributed by atoms with Gasteiger partial charge in [0.2, 0.25) is 5.91 Å². The van der Waals surface area contributed by atoms with Crippen molar-refractivity contribution < 1.29 is 9.59 Å². The summed E-state index contributed by atoms with van der Waals surface area (Å²) in [5, 5.41) is 10.6. The van der Waals surface area contributed by atoms with E-state index in [9.17, 15) is 9.59 Å². The molecule has 0 bridgehead atoms. The van der Waals surface area contributed by atoms with E-state index in [1.165, 1.54) is 16.2 Å². The molecular formula is C17H22N4O2S2. The topological polar surface area (TPSA) is 74.3 Å². The fourth-order valence-electron chi connectivity index (χ4n) is 3.08. The van der Waals surface area contributed by atoms with Crippen molar-refractivity contribution in [2.75, 3.05) is 13.1 Å². The van der Waals surface area contributed by atoms with Crippen LogP contribution in [0.5, 0.6) is 0 Å². The van der Waals surface area contributed by atoms with Crippen LogP contribution in [0, 0.1) is 6.92 Å². The van der Waals surface area contributed by atoms with E-state index in [1.54, 1.807) is 16.7 Å². The minimum atomic E-state index is -0.218. The summed E-state index contributed by atoms with van der Waals surface area (Å²) >= 11 is 3.14. The standard InChI is InChI=1S/C17H22N4O2S2/c1-3-18-17(23)15-7-12(8-21(15)9-13-5-4-6-24-13)20-16(22)14-10-25-11(2)19-14/h4-6,10,12,15H,3,7-9H2,1-2H3,(H,18,23)(H,20,22)/t12-,15+/m1/s1. The predicted octanol–water partition coefficient (Wildman–Crippen LogP) is 2.02. The second-order valence-electron chi connectivity index (χ2n) is 6.08. The van der Waals surface area contributed by atoms with Crippen LogP contribution >= 0.6 is 22.7 Å². The van der Waals surface area contributed by atoms with Gasteiger partial charge in [0.05, 0.1) is 11.0 Å². The van der Waals surface area contributed by atoms with Crippen LogP contribution < -0.4 is 10.6 Å². The molecule has 2 aromatic rings. The van der Waals surface area contributed by atoms with Gasteiger partial charge in [-0.05, 0) is 31.7 Å². The minimum absolute atomic E-state index is 0.0281. The first-order chi connectivity index (χ1) is 12.1. The van der Waals surface area contributed by atoms with Crippen molar-refractivity contribution in [3.63, 3.8) is 0 Å². The lowest BCUT2D eigenvalue weighted by atomic mass is 10.1. The third kappa shape index (κ3) is 4.45. The number of hydrogen-bond acceptors (Lipinski definition) is 6. The predicted molar refractivity (Wildman–Crippen MR) is 99.9 cm³/mol. The second-order valence-corrected chi connectivity index (χ2v) is 8.17. The summed E-state index contributed by atoms with van der Waals surface area (Å²) in [6.07, 6.45) is 0.617. The molecule has 8 heteroatoms. The third-order valence-corrected chi connectivity index (χ3v) is 5.82. The molecule has 25 heavy (non-hydrogen) atoms. The number of rotatable bonds is 6. The fraction of sp³-hybridized carbons (Fsp3) is 0.471. The number of thiophene rings is 1. The maximum Gasteiger partial charge on any atom is 0.271 e. The summed E-state index contributed by atoms with van der Waals surface area (Å²) in [7, 11) is 0. The SMILES string of the molecule is CCNC(=O)[C@@H]1C[C@@H](NC(=O)c2csc(C)n2)CN1Cc1cccs1. The Morgan fingerprint density at radius 1 is 1.40 bits per heavy atom. The van der Waals surface area contributed by atoms with Gasteiger partial charge in [0.15, 0.2) is 0 Å². The molecule has 1 saturated heterocycles. The largest absolute Gasteiger partial charge is 0.355 e. The molecule has 0 aliphatic carbocycles. The highest BCUT2D eigenvalue weighted by atomic mass is 32.1. The Hall–Kier alpha value is -1.77. The maximum absolute atomic E-state index is 12.4. The number of carbonyl (C=O) groups is 2. The first-order valence-corrected chi connectivity index (χ1v) is 10.1. The number of carbonyl (C=O) groups excluding carboxylic acids is 2. The van der Waals surface area contributed by atoms with E-state index in [-0.39, 0.29) is 23.9 Å². The molecule has 1 fully saturated rings. The van der Waals surface area contributed by atoms with E-state index in [4.69, 9.17) is 0 Å². The zero-order valence-corrected chi connectivity index (χ0v) is 16.0. The third-order valence-electron chi connectivity index (χ3n) is 4.18. The number of amides is 2. The number of aryl methyl sites for hydroxylation is 1. The first-order valence-electron chi connectivity index (χ1n) is 8.34. The van der Waals surface area contributed by atoms with Crippen molar-refractivity contribution in [3.8, 4) is 0 Å². The average Bonchev–Trinajstić information content (AvgIpc) is 3.30. The van der Waals surface area contributed by atoms with Crippen LogP contribution in [0.3, 0.4) is 0 Å². The summed E-state index contributed by atoms with van der Waals surface area (Å²) in [6, 6.07) is 3.82. The molecule has 2 atom stereocenters. The van der Waals surface area contributed by atoms with Crippen molar-refractivity contribution in [1.82, 2.24) is 20.5 Å². The lowest BCUT2D eigenvalue weighted by molar-refractivity contribution is -0.125. The molecule has 0 unspecified atom stereocenters. The van der Waals surface area contributed by atoms with Gasteiger partial charge in [0, 0.05) is 35.9 Å². The van der Waals surface area contributed by atoms with E-state index >= 15 is 0 Å². The van der Waals surface area contributed by atoms with E-state index in [0.717, 1.165) is 11.6 Å². The molecule has 6 nitrogen and oxygen atoms in total. The van der Waals surface area contributed by atoms with Crippen LogP contribution in [0.15, 0.2) is 22.9 Å². The molecule has 3 heterocycles. The molecule has 1 aliphatic heterocycles. The lowest BCUT2D eigenvalue weighted by Gasteiger charge is -2.22. The van der Waals surface area contributed by atoms with Crippen LogP contribution in [-0.4, -0.2) is 46.9 Å². The lowest BCUT2D eigenvalue weighted by Crippen LogP contribution is -2.42. The second kappa shape index (κ2) is 8.07. The van der Waals surface area contributed by atoms with Gasteiger partial charge in [-0.3, -0.25) is 14.5 Å². The number of hydrogen-bond donors (Lipinski definition) is 2. The van der Waals surface area contributed by atoms with Crippen LogP contribution in [0.2, 0.25) is 0 Å². The highest BCUT2D eigenvalue weighted by molar-refractivity contribution is 7.10. The number of aromatic nitrogens is 1. The molecule has 2 amide bonds. The fourth-order valence-corrected chi connectivity index (χ4v) is 4.40. The Morgan fingerprint density at radius 2 is 2.24 bits per heavy atom. The molecule has 1 aliphatic rings. The van der Waals surface area contributed by atoms with E-state index < -0.39 is 0 Å². The first kappa shape index (κ1) is 18.0. The summed E-state index contributed by atoms with van der Waals surface area (Å²) in [5.41, 5.74) is 0.453. The summed E-state index contributed by atoms with van der Waals surface area (Å²) in [5.74, 6) is -0.137. The van der Waals surface area contributed by atoms with Crippen LogP contribution in [0.4, 0.5) is 0 Å². The number of likely N-dealkylation sites (N-methyl/N-ethyl adjacent to an activating group) is 1. The number of thiazole rings is 1. The molecule has 0 spiro atoms. The maximum atomic E-state index is 12.4. The van der Waals surface area contributed by atoms with Gasteiger partial charge in [0.25, 0.3) is 5.91 Å². The Bertz CT molecular complexity index is 729. The van der Waals surface area contributed by atoms with Crippen molar-refractivity contribution in [3.05, 3.63) is 38.5 Å². The molecule has 0 radical (unpaired) electrons. The van der Waals surface area contributed by atoms with Crippen molar-refractivity contribution >= 4 is 34.5 Å². The van der Waals surface area contributed by atoms with Crippen LogP contribution in [-0.2, 0) is 11.3 Å². The van der Waals surface area contributed by atoms with Crippen LogP contribution in [0.1, 0.15) is 33.7 Å². The quantitative estimate of drug-likeness (QED) is 0.807. The van der Waals surface area contributed by atoms with Gasteiger partial charge in [-0.15, -0.1) is 22.7 Å². The monoisotopic (exact) mass is 378 g/mol. The number of likely N-dealkylation sites (tertiary alicyclic amines) is 1.